The molecule has 1 aromatic carbocycles. The second-order valence-corrected chi connectivity index (χ2v) is 6.41. The highest BCUT2D eigenvalue weighted by molar-refractivity contribution is 5.48. The molecule has 1 fully saturated rings. The summed E-state index contributed by atoms with van der Waals surface area (Å²) in [7, 11) is 1.92. The largest absolute Gasteiger partial charge is 0.491 e. The third-order valence-corrected chi connectivity index (χ3v) is 4.19. The summed E-state index contributed by atoms with van der Waals surface area (Å²) in [5.41, 5.74) is 0.00732. The third-order valence-electron chi connectivity index (χ3n) is 4.19. The fraction of sp³-hybridized carbons (Fsp3) is 0.647. The Morgan fingerprint density at radius 3 is 2.36 bits per heavy atom. The lowest BCUT2D eigenvalue weighted by Crippen LogP contribution is -2.53. The van der Waals surface area contributed by atoms with E-state index in [1.54, 1.807) is 0 Å². The molecule has 0 aromatic heterocycles. The maximum absolute atomic E-state index is 10.5. The van der Waals surface area contributed by atoms with E-state index in [0.717, 1.165) is 24.5 Å². The summed E-state index contributed by atoms with van der Waals surface area (Å²) in [5.74, 6) is 0.838. The standard InChI is InChI=1S/C17H28N2O3/c1-13(2)22-15-6-4-14(5-7-15)19(3)12-16(20)17(21)8-10-18-11-9-17/h4-7,13,16,18,20-21H,8-12H2,1-3H3. The van der Waals surface area contributed by atoms with E-state index in [1.807, 2.05) is 50.1 Å². The molecular formula is C17H28N2O3. The van der Waals surface area contributed by atoms with Gasteiger partial charge in [0.2, 0.25) is 0 Å². The van der Waals surface area contributed by atoms with Gasteiger partial charge in [-0.15, -0.1) is 0 Å². The number of aliphatic hydroxyl groups is 2. The lowest BCUT2D eigenvalue weighted by atomic mass is 9.86. The Bertz CT molecular complexity index is 455. The number of hydrogen-bond donors (Lipinski definition) is 3. The van der Waals surface area contributed by atoms with Gasteiger partial charge in [-0.25, -0.2) is 0 Å². The number of ether oxygens (including phenoxy) is 1. The first-order valence-corrected chi connectivity index (χ1v) is 8.00. The summed E-state index contributed by atoms with van der Waals surface area (Å²) in [6.45, 7) is 5.89. The first kappa shape index (κ1) is 17.1. The molecule has 1 unspecified atom stereocenters. The average molecular weight is 308 g/mol. The van der Waals surface area contributed by atoms with Gasteiger partial charge in [-0.05, 0) is 64.0 Å². The predicted molar refractivity (Wildman–Crippen MR) is 88.5 cm³/mol. The molecule has 1 saturated heterocycles. The van der Waals surface area contributed by atoms with Crippen LogP contribution in [-0.4, -0.2) is 54.7 Å². The van der Waals surface area contributed by atoms with Crippen LogP contribution in [-0.2, 0) is 0 Å². The van der Waals surface area contributed by atoms with E-state index in [2.05, 4.69) is 5.32 Å². The summed E-state index contributed by atoms with van der Waals surface area (Å²) in [6.07, 6.45) is 0.567. The van der Waals surface area contributed by atoms with Crippen LogP contribution < -0.4 is 15.0 Å². The summed E-state index contributed by atoms with van der Waals surface area (Å²) in [5, 5.41) is 24.1. The molecule has 1 atom stereocenters. The summed E-state index contributed by atoms with van der Waals surface area (Å²) in [6, 6.07) is 7.79. The lowest BCUT2D eigenvalue weighted by molar-refractivity contribution is -0.0882. The van der Waals surface area contributed by atoms with E-state index >= 15 is 0 Å². The molecule has 0 saturated carbocycles. The molecule has 5 heteroatoms. The number of hydrogen-bond acceptors (Lipinski definition) is 5. The second kappa shape index (κ2) is 7.31. The number of aliphatic hydroxyl groups excluding tert-OH is 1. The molecule has 1 aliphatic heterocycles. The number of anilines is 1. The number of likely N-dealkylation sites (N-methyl/N-ethyl adjacent to an activating group) is 1. The second-order valence-electron chi connectivity index (χ2n) is 6.41. The molecule has 5 nitrogen and oxygen atoms in total. The van der Waals surface area contributed by atoms with Crippen molar-refractivity contribution in [2.24, 2.45) is 0 Å². The van der Waals surface area contributed by atoms with Crippen LogP contribution in [0.25, 0.3) is 0 Å². The quantitative estimate of drug-likeness (QED) is 0.741. The van der Waals surface area contributed by atoms with Gasteiger partial charge in [0.05, 0.1) is 11.7 Å². The molecule has 2 rings (SSSR count). The topological polar surface area (TPSA) is 65.0 Å². The van der Waals surface area contributed by atoms with E-state index in [9.17, 15) is 10.2 Å². The lowest BCUT2D eigenvalue weighted by Gasteiger charge is -2.38. The van der Waals surface area contributed by atoms with E-state index in [0.29, 0.717) is 19.4 Å². The molecule has 124 valence electrons. The minimum Gasteiger partial charge on any atom is -0.491 e. The van der Waals surface area contributed by atoms with Crippen LogP contribution in [0.15, 0.2) is 24.3 Å². The van der Waals surface area contributed by atoms with E-state index in [4.69, 9.17) is 4.74 Å². The van der Waals surface area contributed by atoms with Gasteiger partial charge in [0, 0.05) is 19.3 Å². The molecule has 1 aromatic rings. The normalized spacial score (nSPS) is 19.0. The van der Waals surface area contributed by atoms with Crippen LogP contribution in [0.1, 0.15) is 26.7 Å². The van der Waals surface area contributed by atoms with Gasteiger partial charge in [0.1, 0.15) is 11.9 Å². The van der Waals surface area contributed by atoms with Gasteiger partial charge < -0.3 is 25.2 Å². The molecule has 0 radical (unpaired) electrons. The van der Waals surface area contributed by atoms with E-state index < -0.39 is 11.7 Å². The Morgan fingerprint density at radius 2 is 1.82 bits per heavy atom. The van der Waals surface area contributed by atoms with E-state index in [-0.39, 0.29) is 6.10 Å². The number of nitrogens with zero attached hydrogens (tertiary/aromatic N) is 1. The highest BCUT2D eigenvalue weighted by atomic mass is 16.5. The van der Waals surface area contributed by atoms with Gasteiger partial charge >= 0.3 is 0 Å². The SMILES string of the molecule is CC(C)Oc1ccc(N(C)CC(O)C2(O)CCNCC2)cc1. The highest BCUT2D eigenvalue weighted by Crippen LogP contribution is 2.25. The first-order valence-electron chi connectivity index (χ1n) is 8.00. The average Bonchev–Trinajstić information content (AvgIpc) is 2.48. The summed E-state index contributed by atoms with van der Waals surface area (Å²) in [4.78, 5) is 1.96. The van der Waals surface area contributed by atoms with Gasteiger partial charge in [0.15, 0.2) is 0 Å². The maximum Gasteiger partial charge on any atom is 0.119 e. The Morgan fingerprint density at radius 1 is 1.23 bits per heavy atom. The Labute approximate surface area is 132 Å². The fourth-order valence-electron chi connectivity index (χ4n) is 2.78. The molecule has 0 bridgehead atoms. The zero-order chi connectivity index (χ0) is 16.2. The van der Waals surface area contributed by atoms with Crippen LogP contribution in [0.3, 0.4) is 0 Å². The van der Waals surface area contributed by atoms with Crippen LogP contribution in [0.4, 0.5) is 5.69 Å². The van der Waals surface area contributed by atoms with Gasteiger partial charge in [-0.3, -0.25) is 0 Å². The maximum atomic E-state index is 10.5. The number of benzene rings is 1. The van der Waals surface area contributed by atoms with Crippen molar-refractivity contribution in [3.05, 3.63) is 24.3 Å². The number of nitrogens with one attached hydrogen (secondary N) is 1. The summed E-state index contributed by atoms with van der Waals surface area (Å²) >= 11 is 0. The molecule has 0 spiro atoms. The van der Waals surface area contributed by atoms with Crippen molar-refractivity contribution in [3.8, 4) is 5.75 Å². The third kappa shape index (κ3) is 4.35. The van der Waals surface area contributed by atoms with Crippen LogP contribution in [0.5, 0.6) is 5.75 Å². The van der Waals surface area contributed by atoms with Crippen molar-refractivity contribution in [1.82, 2.24) is 5.32 Å². The van der Waals surface area contributed by atoms with Gasteiger partial charge in [-0.1, -0.05) is 0 Å². The molecular weight excluding hydrogens is 280 g/mol. The van der Waals surface area contributed by atoms with Gasteiger partial charge in [0.25, 0.3) is 0 Å². The number of piperidine rings is 1. The molecule has 1 aliphatic rings. The monoisotopic (exact) mass is 308 g/mol. The van der Waals surface area contributed by atoms with Crippen molar-refractivity contribution >= 4 is 5.69 Å². The van der Waals surface area contributed by atoms with Crippen molar-refractivity contribution < 1.29 is 14.9 Å². The van der Waals surface area contributed by atoms with Crippen molar-refractivity contribution in [3.63, 3.8) is 0 Å². The zero-order valence-electron chi connectivity index (χ0n) is 13.7. The molecule has 3 N–H and O–H groups in total. The first-order chi connectivity index (χ1) is 10.4. The smallest absolute Gasteiger partial charge is 0.119 e. The highest BCUT2D eigenvalue weighted by Gasteiger charge is 2.37. The van der Waals surface area contributed by atoms with Crippen LogP contribution in [0, 0.1) is 0 Å². The minimum atomic E-state index is -0.986. The summed E-state index contributed by atoms with van der Waals surface area (Å²) < 4.78 is 5.63. The zero-order valence-corrected chi connectivity index (χ0v) is 13.7. The number of rotatable bonds is 6. The Kier molecular flexibility index (Phi) is 5.67. The van der Waals surface area contributed by atoms with Crippen molar-refractivity contribution in [2.75, 3.05) is 31.6 Å². The van der Waals surface area contributed by atoms with Crippen LogP contribution >= 0.6 is 0 Å². The minimum absolute atomic E-state index is 0.152. The predicted octanol–water partition coefficient (Wildman–Crippen LogP) is 1.39. The fourth-order valence-corrected chi connectivity index (χ4v) is 2.78. The van der Waals surface area contributed by atoms with E-state index in [1.165, 1.54) is 0 Å². The molecule has 0 amide bonds. The Hall–Kier alpha value is -1.30. The van der Waals surface area contributed by atoms with Gasteiger partial charge in [-0.2, -0.15) is 0 Å². The molecule has 22 heavy (non-hydrogen) atoms. The molecule has 0 aliphatic carbocycles. The van der Waals surface area contributed by atoms with Crippen LogP contribution in [0.2, 0.25) is 0 Å². The van der Waals surface area contributed by atoms with Crippen molar-refractivity contribution in [1.29, 1.82) is 0 Å². The van der Waals surface area contributed by atoms with Crippen molar-refractivity contribution in [2.45, 2.75) is 44.5 Å². The Balaban J connectivity index is 1.94. The molecule has 1 heterocycles.